The van der Waals surface area contributed by atoms with Gasteiger partial charge in [0.1, 0.15) is 0 Å². The number of rotatable bonds is 5. The van der Waals surface area contributed by atoms with Gasteiger partial charge >= 0.3 is 0 Å². The van der Waals surface area contributed by atoms with Crippen molar-refractivity contribution in [3.05, 3.63) is 85.5 Å². The summed E-state index contributed by atoms with van der Waals surface area (Å²) in [6, 6.07) is 20.6. The van der Waals surface area contributed by atoms with Gasteiger partial charge in [0.05, 0.1) is 23.4 Å². The van der Waals surface area contributed by atoms with Crippen molar-refractivity contribution in [1.29, 1.82) is 0 Å². The SMILES string of the molecule is C=C(Nc1cccc(-c2ccn3c(-c4ccccc4)cnc3n2)c1)N1CCCC1. The van der Waals surface area contributed by atoms with Gasteiger partial charge < -0.3 is 10.2 Å². The highest BCUT2D eigenvalue weighted by molar-refractivity contribution is 5.68. The molecule has 0 aliphatic carbocycles. The van der Waals surface area contributed by atoms with E-state index in [0.717, 1.165) is 47.1 Å². The van der Waals surface area contributed by atoms with Crippen LogP contribution < -0.4 is 5.32 Å². The smallest absolute Gasteiger partial charge is 0.234 e. The van der Waals surface area contributed by atoms with E-state index in [1.54, 1.807) is 0 Å². The summed E-state index contributed by atoms with van der Waals surface area (Å²) in [5.74, 6) is 1.66. The van der Waals surface area contributed by atoms with E-state index in [1.165, 1.54) is 12.8 Å². The van der Waals surface area contributed by atoms with Crippen LogP contribution in [0.2, 0.25) is 0 Å². The van der Waals surface area contributed by atoms with Crippen LogP contribution in [0.4, 0.5) is 5.69 Å². The van der Waals surface area contributed by atoms with Gasteiger partial charge in [-0.3, -0.25) is 4.40 Å². The minimum absolute atomic E-state index is 0.696. The minimum Gasteiger partial charge on any atom is -0.359 e. The van der Waals surface area contributed by atoms with Gasteiger partial charge in [0.25, 0.3) is 0 Å². The van der Waals surface area contributed by atoms with Crippen LogP contribution in [-0.2, 0) is 0 Å². The van der Waals surface area contributed by atoms with Gasteiger partial charge in [0, 0.05) is 36.1 Å². The third-order valence-electron chi connectivity index (χ3n) is 5.38. The van der Waals surface area contributed by atoms with Crippen molar-refractivity contribution in [2.75, 3.05) is 18.4 Å². The Hall–Kier alpha value is -3.60. The number of hydrogen-bond donors (Lipinski definition) is 1. The van der Waals surface area contributed by atoms with E-state index in [9.17, 15) is 0 Å². The van der Waals surface area contributed by atoms with Crippen LogP contribution in [0.15, 0.2) is 85.5 Å². The molecule has 1 fully saturated rings. The zero-order valence-electron chi connectivity index (χ0n) is 16.3. The first-order valence-corrected chi connectivity index (χ1v) is 9.99. The normalized spacial score (nSPS) is 13.7. The maximum atomic E-state index is 4.78. The van der Waals surface area contributed by atoms with E-state index >= 15 is 0 Å². The molecule has 1 saturated heterocycles. The Morgan fingerprint density at radius 3 is 2.55 bits per heavy atom. The minimum atomic E-state index is 0.696. The Morgan fingerprint density at radius 2 is 1.72 bits per heavy atom. The van der Waals surface area contributed by atoms with Crippen molar-refractivity contribution >= 4 is 11.5 Å². The summed E-state index contributed by atoms with van der Waals surface area (Å²) in [7, 11) is 0. The lowest BCUT2D eigenvalue weighted by Gasteiger charge is -2.21. The van der Waals surface area contributed by atoms with Crippen LogP contribution in [0.3, 0.4) is 0 Å². The van der Waals surface area contributed by atoms with E-state index < -0.39 is 0 Å². The molecule has 0 saturated carbocycles. The van der Waals surface area contributed by atoms with Crippen molar-refractivity contribution in [3.63, 3.8) is 0 Å². The molecule has 0 amide bonds. The molecular formula is C24H23N5. The number of imidazole rings is 1. The van der Waals surface area contributed by atoms with E-state index in [1.807, 2.05) is 47.1 Å². The Bertz CT molecular complexity index is 1160. The lowest BCUT2D eigenvalue weighted by Crippen LogP contribution is -2.22. The second-order valence-electron chi connectivity index (χ2n) is 7.34. The average molecular weight is 381 g/mol. The fraction of sp³-hybridized carbons (Fsp3) is 0.167. The van der Waals surface area contributed by atoms with E-state index in [-0.39, 0.29) is 0 Å². The Kier molecular flexibility index (Phi) is 4.48. The third kappa shape index (κ3) is 3.47. The molecule has 2 aromatic heterocycles. The summed E-state index contributed by atoms with van der Waals surface area (Å²) >= 11 is 0. The van der Waals surface area contributed by atoms with Crippen LogP contribution in [0.1, 0.15) is 12.8 Å². The number of nitrogens with zero attached hydrogens (tertiary/aromatic N) is 4. The monoisotopic (exact) mass is 381 g/mol. The standard InChI is InChI=1S/C24H23N5/c1-18(28-13-5-6-14-28)26-21-11-7-10-20(16-21)22-12-15-29-23(17-25-24(29)27-22)19-8-3-2-4-9-19/h2-4,7-12,15-17,26H,1,5-6,13-14H2. The molecule has 0 atom stereocenters. The quantitative estimate of drug-likeness (QED) is 0.526. The number of anilines is 1. The van der Waals surface area contributed by atoms with Gasteiger partial charge in [-0.15, -0.1) is 0 Å². The molecule has 0 radical (unpaired) electrons. The lowest BCUT2D eigenvalue weighted by atomic mass is 10.1. The Labute approximate surface area is 170 Å². The highest BCUT2D eigenvalue weighted by Crippen LogP contribution is 2.25. The van der Waals surface area contributed by atoms with Crippen molar-refractivity contribution in [2.24, 2.45) is 0 Å². The maximum absolute atomic E-state index is 4.78. The molecule has 144 valence electrons. The fourth-order valence-electron chi connectivity index (χ4n) is 3.84. The lowest BCUT2D eigenvalue weighted by molar-refractivity contribution is 0.433. The average Bonchev–Trinajstić information content (AvgIpc) is 3.44. The van der Waals surface area contributed by atoms with Crippen molar-refractivity contribution in [3.8, 4) is 22.5 Å². The second kappa shape index (κ2) is 7.43. The first-order valence-electron chi connectivity index (χ1n) is 9.99. The summed E-state index contributed by atoms with van der Waals surface area (Å²) in [5, 5.41) is 3.44. The van der Waals surface area contributed by atoms with Gasteiger partial charge in [-0.1, -0.05) is 49.0 Å². The van der Waals surface area contributed by atoms with Crippen molar-refractivity contribution < 1.29 is 0 Å². The summed E-state index contributed by atoms with van der Waals surface area (Å²) in [4.78, 5) is 11.6. The fourth-order valence-corrected chi connectivity index (χ4v) is 3.84. The van der Waals surface area contributed by atoms with Gasteiger partial charge in [0.15, 0.2) is 0 Å². The highest BCUT2D eigenvalue weighted by atomic mass is 15.2. The van der Waals surface area contributed by atoms with Gasteiger partial charge in [0.2, 0.25) is 5.78 Å². The molecule has 5 heteroatoms. The number of fused-ring (bicyclic) bond motifs is 1. The van der Waals surface area contributed by atoms with E-state index in [4.69, 9.17) is 4.98 Å². The molecule has 5 rings (SSSR count). The van der Waals surface area contributed by atoms with Crippen molar-refractivity contribution in [1.82, 2.24) is 19.3 Å². The number of likely N-dealkylation sites (tertiary alicyclic amines) is 1. The van der Waals surface area contributed by atoms with Gasteiger partial charge in [-0.05, 0) is 31.0 Å². The number of benzene rings is 2. The summed E-state index contributed by atoms with van der Waals surface area (Å²) < 4.78 is 2.02. The number of aromatic nitrogens is 3. The number of hydrogen-bond acceptors (Lipinski definition) is 4. The van der Waals surface area contributed by atoms with Crippen LogP contribution in [0.25, 0.3) is 28.3 Å². The first-order chi connectivity index (χ1) is 14.3. The summed E-state index contributed by atoms with van der Waals surface area (Å²) in [5.41, 5.74) is 5.14. The maximum Gasteiger partial charge on any atom is 0.234 e. The molecule has 29 heavy (non-hydrogen) atoms. The molecule has 0 unspecified atom stereocenters. The van der Waals surface area contributed by atoms with Gasteiger partial charge in [-0.25, -0.2) is 9.97 Å². The van der Waals surface area contributed by atoms with Crippen molar-refractivity contribution in [2.45, 2.75) is 12.8 Å². The Morgan fingerprint density at radius 1 is 0.931 bits per heavy atom. The van der Waals surface area contributed by atoms with Gasteiger partial charge in [-0.2, -0.15) is 0 Å². The second-order valence-corrected chi connectivity index (χ2v) is 7.34. The van der Waals surface area contributed by atoms with E-state index in [0.29, 0.717) is 5.78 Å². The first kappa shape index (κ1) is 17.5. The molecule has 1 aliphatic heterocycles. The summed E-state index contributed by atoms with van der Waals surface area (Å²) in [6.45, 7) is 6.35. The van der Waals surface area contributed by atoms with Crippen LogP contribution in [-0.4, -0.2) is 32.4 Å². The molecule has 0 spiro atoms. The van der Waals surface area contributed by atoms with E-state index in [2.05, 4.69) is 52.1 Å². The molecular weight excluding hydrogens is 358 g/mol. The molecule has 1 N–H and O–H groups in total. The summed E-state index contributed by atoms with van der Waals surface area (Å²) in [6.07, 6.45) is 6.38. The van der Waals surface area contributed by atoms with Crippen LogP contribution >= 0.6 is 0 Å². The molecule has 4 aromatic rings. The molecule has 5 nitrogen and oxygen atoms in total. The highest BCUT2D eigenvalue weighted by Gasteiger charge is 2.13. The predicted octanol–water partition coefficient (Wildman–Crippen LogP) is 5.04. The molecule has 2 aromatic carbocycles. The largest absolute Gasteiger partial charge is 0.359 e. The zero-order chi connectivity index (χ0) is 19.6. The third-order valence-corrected chi connectivity index (χ3v) is 5.38. The molecule has 0 bridgehead atoms. The zero-order valence-corrected chi connectivity index (χ0v) is 16.3. The molecule has 1 aliphatic rings. The number of nitrogens with one attached hydrogen (secondary N) is 1. The predicted molar refractivity (Wildman–Crippen MR) is 117 cm³/mol. The van der Waals surface area contributed by atoms with Crippen LogP contribution in [0.5, 0.6) is 0 Å². The Balaban J connectivity index is 1.43. The van der Waals surface area contributed by atoms with Crippen LogP contribution in [0, 0.1) is 0 Å². The topological polar surface area (TPSA) is 45.5 Å². The molecule has 3 heterocycles.